The van der Waals surface area contributed by atoms with E-state index in [2.05, 4.69) is 45.1 Å². The minimum absolute atomic E-state index is 0.165. The molecular formula is C26H34N4O3. The van der Waals surface area contributed by atoms with Gasteiger partial charge in [0.05, 0.1) is 24.7 Å². The number of rotatable bonds is 6. The Labute approximate surface area is 195 Å². The van der Waals surface area contributed by atoms with Gasteiger partial charge in [0, 0.05) is 19.1 Å². The smallest absolute Gasteiger partial charge is 0.407 e. The van der Waals surface area contributed by atoms with Crippen molar-refractivity contribution in [1.82, 2.24) is 14.9 Å². The van der Waals surface area contributed by atoms with Crippen molar-refractivity contribution in [2.24, 2.45) is 0 Å². The number of nitrogens with one attached hydrogen (secondary N) is 1. The van der Waals surface area contributed by atoms with Crippen LogP contribution in [0.1, 0.15) is 45.6 Å². The molecular weight excluding hydrogens is 416 g/mol. The Bertz CT molecular complexity index is 1090. The van der Waals surface area contributed by atoms with Crippen LogP contribution in [0.2, 0.25) is 0 Å². The number of imidazole rings is 1. The second kappa shape index (κ2) is 9.73. The minimum Gasteiger partial charge on any atom is -0.497 e. The standard InChI is InChI=1S/C26H34N4O3/c1-26(2,3)33-25(31)27-17-20-9-7-8-16-29(20)24-28-22-10-5-6-11-23(22)30(24)18-19-12-14-21(32-4)15-13-19/h5-6,10-15,20H,7-9,16-18H2,1-4H3,(H,27,31)/t20-/m1/s1. The zero-order valence-corrected chi connectivity index (χ0v) is 20.0. The van der Waals surface area contributed by atoms with E-state index in [9.17, 15) is 4.79 Å². The molecule has 33 heavy (non-hydrogen) atoms. The van der Waals surface area contributed by atoms with Gasteiger partial charge in [0.2, 0.25) is 5.95 Å². The summed E-state index contributed by atoms with van der Waals surface area (Å²) in [7, 11) is 1.68. The van der Waals surface area contributed by atoms with Gasteiger partial charge in [-0.15, -0.1) is 0 Å². The Hall–Kier alpha value is -3.22. The highest BCUT2D eigenvalue weighted by molar-refractivity contribution is 5.79. The van der Waals surface area contributed by atoms with E-state index in [-0.39, 0.29) is 12.1 Å². The highest BCUT2D eigenvalue weighted by atomic mass is 16.6. The number of carbonyl (C=O) groups excluding carboxylic acids is 1. The van der Waals surface area contributed by atoms with Gasteiger partial charge >= 0.3 is 6.09 Å². The first-order chi connectivity index (χ1) is 15.8. The lowest BCUT2D eigenvalue weighted by Crippen LogP contribution is -2.48. The average Bonchev–Trinajstić information content (AvgIpc) is 3.15. The molecule has 1 saturated heterocycles. The summed E-state index contributed by atoms with van der Waals surface area (Å²) in [5, 5.41) is 2.97. The number of hydrogen-bond donors (Lipinski definition) is 1. The maximum Gasteiger partial charge on any atom is 0.407 e. The fraction of sp³-hybridized carbons (Fsp3) is 0.462. The van der Waals surface area contributed by atoms with Crippen LogP contribution in [0.25, 0.3) is 11.0 Å². The monoisotopic (exact) mass is 450 g/mol. The molecule has 2 aromatic carbocycles. The zero-order valence-electron chi connectivity index (χ0n) is 20.0. The van der Waals surface area contributed by atoms with Crippen LogP contribution in [0.3, 0.4) is 0 Å². The molecule has 7 heteroatoms. The van der Waals surface area contributed by atoms with Gasteiger partial charge in [0.15, 0.2) is 0 Å². The third-order valence-corrected chi connectivity index (χ3v) is 5.90. The number of piperidine rings is 1. The van der Waals surface area contributed by atoms with E-state index in [0.717, 1.165) is 48.5 Å². The second-order valence-electron chi connectivity index (χ2n) is 9.56. The third kappa shape index (κ3) is 5.59. The van der Waals surface area contributed by atoms with Crippen molar-refractivity contribution in [2.45, 2.75) is 58.2 Å². The van der Waals surface area contributed by atoms with E-state index in [1.165, 1.54) is 5.56 Å². The van der Waals surface area contributed by atoms with Crippen molar-refractivity contribution in [2.75, 3.05) is 25.1 Å². The largest absolute Gasteiger partial charge is 0.497 e. The molecule has 4 rings (SSSR count). The molecule has 0 saturated carbocycles. The average molecular weight is 451 g/mol. The highest BCUT2D eigenvalue weighted by Gasteiger charge is 2.28. The summed E-state index contributed by atoms with van der Waals surface area (Å²) in [6, 6.07) is 16.6. The molecule has 1 aromatic heterocycles. The summed E-state index contributed by atoms with van der Waals surface area (Å²) in [5.41, 5.74) is 2.75. The predicted octanol–water partition coefficient (Wildman–Crippen LogP) is 4.98. The number of nitrogens with zero attached hydrogens (tertiary/aromatic N) is 3. The predicted molar refractivity (Wildman–Crippen MR) is 131 cm³/mol. The molecule has 1 aliphatic rings. The summed E-state index contributed by atoms with van der Waals surface area (Å²) in [6.45, 7) is 7.78. The number of methoxy groups -OCH3 is 1. The Balaban J connectivity index is 1.60. The number of amides is 1. The van der Waals surface area contributed by atoms with E-state index in [1.54, 1.807) is 7.11 Å². The summed E-state index contributed by atoms with van der Waals surface area (Å²) in [5.74, 6) is 1.79. The first-order valence-electron chi connectivity index (χ1n) is 11.7. The van der Waals surface area contributed by atoms with Crippen LogP contribution in [0.15, 0.2) is 48.5 Å². The Kier molecular flexibility index (Phi) is 6.77. The molecule has 176 valence electrons. The van der Waals surface area contributed by atoms with Crippen molar-refractivity contribution < 1.29 is 14.3 Å². The first-order valence-corrected chi connectivity index (χ1v) is 11.7. The summed E-state index contributed by atoms with van der Waals surface area (Å²) in [4.78, 5) is 19.6. The molecule has 1 N–H and O–H groups in total. The molecule has 1 fully saturated rings. The highest BCUT2D eigenvalue weighted by Crippen LogP contribution is 2.29. The van der Waals surface area contributed by atoms with Crippen LogP contribution in [0.5, 0.6) is 5.75 Å². The van der Waals surface area contributed by atoms with Gasteiger partial charge in [-0.05, 0) is 69.9 Å². The van der Waals surface area contributed by atoms with Crippen LogP contribution in [-0.2, 0) is 11.3 Å². The van der Waals surface area contributed by atoms with E-state index in [0.29, 0.717) is 13.1 Å². The van der Waals surface area contributed by atoms with Gasteiger partial charge in [-0.2, -0.15) is 0 Å². The Morgan fingerprint density at radius 3 is 2.61 bits per heavy atom. The van der Waals surface area contributed by atoms with Crippen molar-refractivity contribution in [1.29, 1.82) is 0 Å². The molecule has 2 heterocycles. The fourth-order valence-electron chi connectivity index (χ4n) is 4.34. The molecule has 0 unspecified atom stereocenters. The number of ether oxygens (including phenoxy) is 2. The minimum atomic E-state index is -0.511. The molecule has 0 radical (unpaired) electrons. The summed E-state index contributed by atoms with van der Waals surface area (Å²) < 4.78 is 13.0. The number of benzene rings is 2. The number of aromatic nitrogens is 2. The Morgan fingerprint density at radius 1 is 1.12 bits per heavy atom. The quantitative estimate of drug-likeness (QED) is 0.574. The number of fused-ring (bicyclic) bond motifs is 1. The molecule has 0 spiro atoms. The van der Waals surface area contributed by atoms with Crippen LogP contribution in [0, 0.1) is 0 Å². The van der Waals surface area contributed by atoms with Gasteiger partial charge in [-0.25, -0.2) is 9.78 Å². The van der Waals surface area contributed by atoms with Gasteiger partial charge in [-0.3, -0.25) is 0 Å². The van der Waals surface area contributed by atoms with E-state index < -0.39 is 5.60 Å². The second-order valence-corrected chi connectivity index (χ2v) is 9.56. The number of carbonyl (C=O) groups is 1. The lowest BCUT2D eigenvalue weighted by Gasteiger charge is -2.37. The number of hydrogen-bond acceptors (Lipinski definition) is 5. The molecule has 0 bridgehead atoms. The van der Waals surface area contributed by atoms with Crippen molar-refractivity contribution >= 4 is 23.1 Å². The van der Waals surface area contributed by atoms with Crippen LogP contribution in [0.4, 0.5) is 10.7 Å². The topological polar surface area (TPSA) is 68.6 Å². The molecule has 1 amide bonds. The van der Waals surface area contributed by atoms with E-state index in [4.69, 9.17) is 14.5 Å². The van der Waals surface area contributed by atoms with Gasteiger partial charge in [0.25, 0.3) is 0 Å². The van der Waals surface area contributed by atoms with Gasteiger partial charge < -0.3 is 24.3 Å². The molecule has 1 aliphatic heterocycles. The normalized spacial score (nSPS) is 16.6. The number of alkyl carbamates (subject to hydrolysis) is 1. The Morgan fingerprint density at radius 2 is 1.88 bits per heavy atom. The van der Waals surface area contributed by atoms with Crippen molar-refractivity contribution in [3.63, 3.8) is 0 Å². The van der Waals surface area contributed by atoms with Crippen LogP contribution >= 0.6 is 0 Å². The van der Waals surface area contributed by atoms with Gasteiger partial charge in [0.1, 0.15) is 11.4 Å². The third-order valence-electron chi connectivity index (χ3n) is 5.90. The maximum absolute atomic E-state index is 12.3. The molecule has 7 nitrogen and oxygen atoms in total. The number of para-hydroxylation sites is 2. The SMILES string of the molecule is COc1ccc(Cn2c(N3CCCC[C@@H]3CNC(=O)OC(C)(C)C)nc3ccccc32)cc1. The van der Waals surface area contributed by atoms with Crippen molar-refractivity contribution in [3.8, 4) is 5.75 Å². The van der Waals surface area contributed by atoms with E-state index in [1.807, 2.05) is 39.0 Å². The maximum atomic E-state index is 12.3. The lowest BCUT2D eigenvalue weighted by molar-refractivity contribution is 0.0522. The fourth-order valence-corrected chi connectivity index (χ4v) is 4.34. The molecule has 3 aromatic rings. The van der Waals surface area contributed by atoms with E-state index >= 15 is 0 Å². The van der Waals surface area contributed by atoms with Gasteiger partial charge in [-0.1, -0.05) is 24.3 Å². The lowest BCUT2D eigenvalue weighted by atomic mass is 10.0. The molecule has 0 aliphatic carbocycles. The van der Waals surface area contributed by atoms with Crippen LogP contribution in [-0.4, -0.2) is 47.5 Å². The summed E-state index contributed by atoms with van der Waals surface area (Å²) >= 11 is 0. The zero-order chi connectivity index (χ0) is 23.4. The first kappa shape index (κ1) is 23.0. The number of anilines is 1. The molecule has 1 atom stereocenters. The summed E-state index contributed by atoms with van der Waals surface area (Å²) in [6.07, 6.45) is 2.87. The van der Waals surface area contributed by atoms with Crippen LogP contribution < -0.4 is 15.0 Å². The van der Waals surface area contributed by atoms with Crippen molar-refractivity contribution in [3.05, 3.63) is 54.1 Å².